The van der Waals surface area contributed by atoms with Crippen LogP contribution in [-0.4, -0.2) is 17.0 Å². The quantitative estimate of drug-likeness (QED) is 0.809. The van der Waals surface area contributed by atoms with Crippen molar-refractivity contribution in [2.24, 2.45) is 4.99 Å². The van der Waals surface area contributed by atoms with E-state index in [4.69, 9.17) is 9.73 Å². The Morgan fingerprint density at radius 1 is 1.16 bits per heavy atom. The number of nitrogens with zero attached hydrogens (tertiary/aromatic N) is 2. The van der Waals surface area contributed by atoms with E-state index in [-0.39, 0.29) is 12.1 Å². The van der Waals surface area contributed by atoms with Crippen molar-refractivity contribution >= 4 is 21.8 Å². The minimum Gasteiger partial charge on any atom is -0.470 e. The minimum atomic E-state index is 0.136. The van der Waals surface area contributed by atoms with Crippen LogP contribution in [-0.2, 0) is 11.2 Å². The molecule has 0 radical (unpaired) electrons. The van der Waals surface area contributed by atoms with Crippen LogP contribution in [0, 0.1) is 0 Å². The first kappa shape index (κ1) is 11.2. The molecular formula is C15H11BrN2O. The average Bonchev–Trinajstić information content (AvgIpc) is 2.97. The molecule has 1 aromatic carbocycles. The van der Waals surface area contributed by atoms with Gasteiger partial charge in [-0.1, -0.05) is 24.3 Å². The van der Waals surface area contributed by atoms with Gasteiger partial charge in [-0.2, -0.15) is 0 Å². The number of hydrogen-bond donors (Lipinski definition) is 0. The molecule has 1 aliphatic carbocycles. The molecule has 2 aromatic rings. The van der Waals surface area contributed by atoms with Gasteiger partial charge in [-0.05, 0) is 39.2 Å². The molecule has 4 heteroatoms. The highest BCUT2D eigenvalue weighted by Crippen LogP contribution is 2.40. The maximum atomic E-state index is 5.97. The Morgan fingerprint density at radius 2 is 2.05 bits per heavy atom. The van der Waals surface area contributed by atoms with Crippen LogP contribution in [0.4, 0.5) is 0 Å². The van der Waals surface area contributed by atoms with E-state index in [1.165, 1.54) is 11.1 Å². The smallest absolute Gasteiger partial charge is 0.236 e. The normalized spacial score (nSPS) is 23.5. The maximum absolute atomic E-state index is 5.97. The summed E-state index contributed by atoms with van der Waals surface area (Å²) in [6, 6.07) is 12.4. The highest BCUT2D eigenvalue weighted by atomic mass is 79.9. The lowest BCUT2D eigenvalue weighted by Crippen LogP contribution is -2.14. The van der Waals surface area contributed by atoms with Crippen molar-refractivity contribution in [3.8, 4) is 0 Å². The Labute approximate surface area is 119 Å². The van der Waals surface area contributed by atoms with Crippen LogP contribution < -0.4 is 0 Å². The van der Waals surface area contributed by atoms with E-state index in [9.17, 15) is 0 Å². The molecule has 2 heterocycles. The number of rotatable bonds is 1. The predicted octanol–water partition coefficient (Wildman–Crippen LogP) is 3.29. The largest absolute Gasteiger partial charge is 0.470 e. The number of halogens is 1. The standard InChI is InChI=1S/C15H11BrN2O/c16-10-5-6-12(17-8-10)15-18-14-11-4-2-1-3-9(11)7-13(14)19-15/h1-6,8,13-14H,7H2/t13-,14+/m0/s1. The fourth-order valence-electron chi connectivity index (χ4n) is 2.73. The van der Waals surface area contributed by atoms with E-state index >= 15 is 0 Å². The van der Waals surface area contributed by atoms with Gasteiger partial charge in [-0.15, -0.1) is 0 Å². The van der Waals surface area contributed by atoms with Crippen LogP contribution in [0.3, 0.4) is 0 Å². The van der Waals surface area contributed by atoms with Crippen LogP contribution in [0.25, 0.3) is 0 Å². The molecule has 0 bridgehead atoms. The zero-order valence-corrected chi connectivity index (χ0v) is 11.7. The first-order valence-electron chi connectivity index (χ1n) is 6.25. The second-order valence-corrected chi connectivity index (χ2v) is 5.72. The third-order valence-electron chi connectivity index (χ3n) is 3.61. The molecule has 94 valence electrons. The Bertz CT molecular complexity index is 666. The highest BCUT2D eigenvalue weighted by Gasteiger charge is 2.39. The summed E-state index contributed by atoms with van der Waals surface area (Å²) in [5.74, 6) is 0.664. The molecule has 0 spiro atoms. The number of fused-ring (bicyclic) bond motifs is 3. The van der Waals surface area contributed by atoms with Crippen LogP contribution in [0.2, 0.25) is 0 Å². The number of pyridine rings is 1. The molecule has 4 rings (SSSR count). The third-order valence-corrected chi connectivity index (χ3v) is 4.08. The number of benzene rings is 1. The topological polar surface area (TPSA) is 34.5 Å². The summed E-state index contributed by atoms with van der Waals surface area (Å²) in [5.41, 5.74) is 3.44. The van der Waals surface area contributed by atoms with Crippen molar-refractivity contribution in [2.45, 2.75) is 18.6 Å². The molecule has 3 nitrogen and oxygen atoms in total. The van der Waals surface area contributed by atoms with Crippen molar-refractivity contribution in [3.63, 3.8) is 0 Å². The van der Waals surface area contributed by atoms with Gasteiger partial charge in [0, 0.05) is 17.1 Å². The van der Waals surface area contributed by atoms with Crippen LogP contribution in [0.1, 0.15) is 22.9 Å². The van der Waals surface area contributed by atoms with Crippen molar-refractivity contribution in [3.05, 3.63) is 63.9 Å². The van der Waals surface area contributed by atoms with E-state index in [2.05, 4.69) is 45.2 Å². The Morgan fingerprint density at radius 3 is 2.89 bits per heavy atom. The Kier molecular flexibility index (Phi) is 2.45. The van der Waals surface area contributed by atoms with E-state index in [1.54, 1.807) is 6.20 Å². The average molecular weight is 315 g/mol. The molecule has 0 amide bonds. The van der Waals surface area contributed by atoms with Gasteiger partial charge in [0.2, 0.25) is 5.90 Å². The van der Waals surface area contributed by atoms with Gasteiger partial charge < -0.3 is 4.74 Å². The fourth-order valence-corrected chi connectivity index (χ4v) is 2.96. The molecule has 0 saturated carbocycles. The summed E-state index contributed by atoms with van der Waals surface area (Å²) in [4.78, 5) is 9.05. The van der Waals surface area contributed by atoms with E-state index in [1.807, 2.05) is 12.1 Å². The van der Waals surface area contributed by atoms with Crippen molar-refractivity contribution < 1.29 is 4.74 Å². The molecule has 2 aliphatic rings. The van der Waals surface area contributed by atoms with Gasteiger partial charge in [-0.25, -0.2) is 4.99 Å². The molecule has 0 unspecified atom stereocenters. The molecule has 1 aromatic heterocycles. The molecule has 0 fully saturated rings. The molecule has 19 heavy (non-hydrogen) atoms. The van der Waals surface area contributed by atoms with Crippen LogP contribution in [0.5, 0.6) is 0 Å². The zero-order valence-electron chi connectivity index (χ0n) is 10.1. The van der Waals surface area contributed by atoms with Gasteiger partial charge in [-0.3, -0.25) is 4.98 Å². The highest BCUT2D eigenvalue weighted by molar-refractivity contribution is 9.10. The fraction of sp³-hybridized carbons (Fsp3) is 0.200. The molecule has 2 atom stereocenters. The summed E-state index contributed by atoms with van der Waals surface area (Å²) in [7, 11) is 0. The predicted molar refractivity (Wildman–Crippen MR) is 76.2 cm³/mol. The summed E-state index contributed by atoms with van der Waals surface area (Å²) < 4.78 is 6.92. The number of aromatic nitrogens is 1. The second-order valence-electron chi connectivity index (χ2n) is 4.80. The number of ether oxygens (including phenoxy) is 1. The lowest BCUT2D eigenvalue weighted by molar-refractivity contribution is 0.206. The van der Waals surface area contributed by atoms with Gasteiger partial charge in [0.05, 0.1) is 0 Å². The van der Waals surface area contributed by atoms with Gasteiger partial charge >= 0.3 is 0 Å². The van der Waals surface area contributed by atoms with Gasteiger partial charge in [0.25, 0.3) is 0 Å². The monoisotopic (exact) mass is 314 g/mol. The molecular weight excluding hydrogens is 304 g/mol. The third kappa shape index (κ3) is 1.78. The molecule has 0 N–H and O–H groups in total. The van der Waals surface area contributed by atoms with Crippen molar-refractivity contribution in [1.82, 2.24) is 4.98 Å². The van der Waals surface area contributed by atoms with E-state index < -0.39 is 0 Å². The van der Waals surface area contributed by atoms with Crippen molar-refractivity contribution in [1.29, 1.82) is 0 Å². The first-order chi connectivity index (χ1) is 9.31. The lowest BCUT2D eigenvalue weighted by atomic mass is 10.1. The van der Waals surface area contributed by atoms with Crippen molar-refractivity contribution in [2.75, 3.05) is 0 Å². The number of hydrogen-bond acceptors (Lipinski definition) is 3. The lowest BCUT2D eigenvalue weighted by Gasteiger charge is -2.08. The van der Waals surface area contributed by atoms with Gasteiger partial charge in [0.15, 0.2) is 0 Å². The SMILES string of the molecule is Brc1ccc(C2=N[C@@H]3c4ccccc4C[C@@H]3O2)nc1. The minimum absolute atomic E-state index is 0.136. The summed E-state index contributed by atoms with van der Waals surface area (Å²) >= 11 is 3.38. The Hall–Kier alpha value is -1.68. The summed E-state index contributed by atoms with van der Waals surface area (Å²) in [6.07, 6.45) is 2.84. The molecule has 0 saturated heterocycles. The second kappa shape index (κ2) is 4.17. The number of aliphatic imine (C=N–C) groups is 1. The van der Waals surface area contributed by atoms with Crippen LogP contribution in [0.15, 0.2) is 52.1 Å². The van der Waals surface area contributed by atoms with E-state index in [0.717, 1.165) is 16.6 Å². The van der Waals surface area contributed by atoms with Crippen LogP contribution >= 0.6 is 15.9 Å². The Balaban J connectivity index is 1.71. The molecule has 1 aliphatic heterocycles. The van der Waals surface area contributed by atoms with E-state index in [0.29, 0.717) is 5.90 Å². The maximum Gasteiger partial charge on any atom is 0.236 e. The summed E-state index contributed by atoms with van der Waals surface area (Å²) in [5, 5.41) is 0. The first-order valence-corrected chi connectivity index (χ1v) is 7.05. The summed E-state index contributed by atoms with van der Waals surface area (Å²) in [6.45, 7) is 0. The zero-order chi connectivity index (χ0) is 12.8. The van der Waals surface area contributed by atoms with Gasteiger partial charge in [0.1, 0.15) is 17.8 Å².